The van der Waals surface area contributed by atoms with Gasteiger partial charge in [0.2, 0.25) is 0 Å². The van der Waals surface area contributed by atoms with E-state index in [1.54, 1.807) is 17.8 Å². The second-order valence-electron chi connectivity index (χ2n) is 7.38. The van der Waals surface area contributed by atoms with E-state index in [1.165, 1.54) is 18.1 Å². The topological polar surface area (TPSA) is 66.8 Å². The summed E-state index contributed by atoms with van der Waals surface area (Å²) in [5, 5.41) is 0.826. The van der Waals surface area contributed by atoms with E-state index in [1.807, 2.05) is 29.2 Å². The van der Waals surface area contributed by atoms with Crippen LogP contribution in [-0.4, -0.2) is 43.0 Å². The Bertz CT molecular complexity index is 1060. The number of sulfone groups is 1. The predicted octanol–water partition coefficient (Wildman–Crippen LogP) is 3.47. The van der Waals surface area contributed by atoms with Crippen LogP contribution in [0.2, 0.25) is 0 Å². The lowest BCUT2D eigenvalue weighted by Gasteiger charge is -2.27. The van der Waals surface area contributed by atoms with Crippen LogP contribution in [0.1, 0.15) is 28.4 Å². The molecule has 2 aliphatic heterocycles. The first-order valence-electron chi connectivity index (χ1n) is 9.19. The third kappa shape index (κ3) is 3.86. The van der Waals surface area contributed by atoms with Crippen LogP contribution in [0.25, 0.3) is 0 Å². The van der Waals surface area contributed by atoms with Crippen molar-refractivity contribution in [3.63, 3.8) is 0 Å². The molecule has 5 nitrogen and oxygen atoms in total. The molecule has 0 N–H and O–H groups in total. The normalized spacial score (nSPS) is 22.8. The Kier molecular flexibility index (Phi) is 5.05. The number of fused-ring (bicyclic) bond motifs is 1. The number of amidine groups is 1. The maximum atomic E-state index is 12.2. The average Bonchev–Trinajstić information content (AvgIpc) is 3.11. The number of nitrogens with zero attached hydrogens (tertiary/aromatic N) is 2. The van der Waals surface area contributed by atoms with Crippen LogP contribution in [0.3, 0.4) is 0 Å². The molecular weight excluding hydrogens is 392 g/mol. The number of carbonyl (C=O) groups is 1. The summed E-state index contributed by atoms with van der Waals surface area (Å²) in [6.07, 6.45) is 0. The van der Waals surface area contributed by atoms with E-state index in [0.29, 0.717) is 5.56 Å². The quantitative estimate of drug-likeness (QED) is 0.717. The van der Waals surface area contributed by atoms with Crippen molar-refractivity contribution in [1.29, 1.82) is 0 Å². The molecule has 0 amide bonds. The van der Waals surface area contributed by atoms with E-state index in [9.17, 15) is 13.2 Å². The van der Waals surface area contributed by atoms with Crippen molar-refractivity contribution in [3.05, 3.63) is 65.2 Å². The molecule has 1 fully saturated rings. The van der Waals surface area contributed by atoms with E-state index in [2.05, 4.69) is 25.1 Å². The predicted molar refractivity (Wildman–Crippen MR) is 115 cm³/mol. The van der Waals surface area contributed by atoms with Gasteiger partial charge in [0, 0.05) is 17.0 Å². The highest BCUT2D eigenvalue weighted by atomic mass is 32.2. The highest BCUT2D eigenvalue weighted by Crippen LogP contribution is 2.36. The number of hydrogen-bond donors (Lipinski definition) is 0. The number of aliphatic imine (C=N–C) groups is 1. The zero-order valence-corrected chi connectivity index (χ0v) is 17.5. The molecule has 4 rings (SSSR count). The van der Waals surface area contributed by atoms with Gasteiger partial charge in [-0.2, -0.15) is 0 Å². The van der Waals surface area contributed by atoms with Gasteiger partial charge in [0.1, 0.15) is 0 Å². The van der Waals surface area contributed by atoms with Crippen molar-refractivity contribution < 1.29 is 13.2 Å². The molecule has 0 unspecified atom stereocenters. The Morgan fingerprint density at radius 1 is 1.18 bits per heavy atom. The summed E-state index contributed by atoms with van der Waals surface area (Å²) < 4.78 is 24.3. The molecule has 0 bridgehead atoms. The summed E-state index contributed by atoms with van der Waals surface area (Å²) in [6, 6.07) is 15.3. The Hall–Kier alpha value is -2.12. The summed E-state index contributed by atoms with van der Waals surface area (Å²) >= 11 is 1.62. The third-order valence-electron chi connectivity index (χ3n) is 5.09. The van der Waals surface area contributed by atoms with Crippen molar-refractivity contribution in [2.45, 2.75) is 31.7 Å². The van der Waals surface area contributed by atoms with Gasteiger partial charge in [-0.15, -0.1) is 0 Å². The molecule has 2 aliphatic rings. The maximum absolute atomic E-state index is 12.2. The summed E-state index contributed by atoms with van der Waals surface area (Å²) in [4.78, 5) is 18.6. The third-order valence-corrected chi connectivity index (χ3v) is 7.83. The standard InChI is InChI=1S/C21H22N2O3S2/c1-14-5-3-6-16(9-14)11-27-21-22-19-12-28(25,26)13-20(19)23(21)18-8-4-7-17(10-18)15(2)24/h3-10,19-20H,11-13H2,1-2H3/t19-,20-/m0/s1. The first kappa shape index (κ1) is 19.2. The van der Waals surface area contributed by atoms with Crippen LogP contribution in [0.5, 0.6) is 0 Å². The first-order chi connectivity index (χ1) is 13.3. The first-order valence-corrected chi connectivity index (χ1v) is 12.0. The molecule has 0 aromatic heterocycles. The summed E-state index contributed by atoms with van der Waals surface area (Å²) in [7, 11) is -3.09. The fraction of sp³-hybridized carbons (Fsp3) is 0.333. The van der Waals surface area contributed by atoms with Crippen LogP contribution < -0.4 is 4.90 Å². The monoisotopic (exact) mass is 414 g/mol. The van der Waals surface area contributed by atoms with Crippen LogP contribution in [-0.2, 0) is 15.6 Å². The SMILES string of the molecule is CC(=O)c1cccc(N2C(SCc3cccc(C)c3)=N[C@H]3CS(=O)(=O)C[C@@H]32)c1. The smallest absolute Gasteiger partial charge is 0.164 e. The van der Waals surface area contributed by atoms with Crippen LogP contribution in [0, 0.1) is 6.92 Å². The van der Waals surface area contributed by atoms with Crippen LogP contribution in [0.15, 0.2) is 53.5 Å². The van der Waals surface area contributed by atoms with E-state index in [-0.39, 0.29) is 29.4 Å². The molecule has 2 aromatic carbocycles. The van der Waals surface area contributed by atoms with Crippen molar-refractivity contribution in [2.75, 3.05) is 16.4 Å². The van der Waals surface area contributed by atoms with Crippen LogP contribution in [0.4, 0.5) is 5.69 Å². The fourth-order valence-electron chi connectivity index (χ4n) is 3.76. The molecule has 0 aliphatic carbocycles. The van der Waals surface area contributed by atoms with Gasteiger partial charge in [-0.1, -0.05) is 53.7 Å². The van der Waals surface area contributed by atoms with Gasteiger partial charge in [0.15, 0.2) is 20.8 Å². The number of aryl methyl sites for hydroxylation is 1. The number of anilines is 1. The largest absolute Gasteiger partial charge is 0.315 e. The number of Topliss-reactive ketones (excluding diaryl/α,β-unsaturated/α-hetero) is 1. The zero-order chi connectivity index (χ0) is 19.9. The molecule has 7 heteroatoms. The van der Waals surface area contributed by atoms with E-state index in [0.717, 1.165) is 16.6 Å². The molecule has 0 spiro atoms. The van der Waals surface area contributed by atoms with Gasteiger partial charge >= 0.3 is 0 Å². The molecule has 0 saturated carbocycles. The van der Waals surface area contributed by atoms with Gasteiger partial charge in [-0.3, -0.25) is 9.79 Å². The van der Waals surface area contributed by atoms with Gasteiger partial charge in [0.05, 0.1) is 23.6 Å². The molecule has 2 heterocycles. The summed E-state index contributed by atoms with van der Waals surface area (Å²) in [5.41, 5.74) is 3.85. The van der Waals surface area contributed by atoms with Crippen molar-refractivity contribution in [2.24, 2.45) is 4.99 Å². The molecule has 146 valence electrons. The lowest BCUT2D eigenvalue weighted by Crippen LogP contribution is -2.39. The van der Waals surface area contributed by atoms with E-state index in [4.69, 9.17) is 4.99 Å². The number of ketones is 1. The highest BCUT2D eigenvalue weighted by molar-refractivity contribution is 8.13. The van der Waals surface area contributed by atoms with E-state index >= 15 is 0 Å². The molecular formula is C21H22N2O3S2. The van der Waals surface area contributed by atoms with Crippen molar-refractivity contribution in [3.8, 4) is 0 Å². The fourth-order valence-corrected chi connectivity index (χ4v) is 6.67. The molecule has 0 radical (unpaired) electrons. The minimum atomic E-state index is -3.09. The molecule has 2 aromatic rings. The Labute approximate surface area is 169 Å². The molecule has 28 heavy (non-hydrogen) atoms. The van der Waals surface area contributed by atoms with Crippen molar-refractivity contribution >= 4 is 38.2 Å². The second kappa shape index (κ2) is 7.37. The number of rotatable bonds is 4. The number of benzene rings is 2. The Balaban J connectivity index is 1.65. The second-order valence-corrected chi connectivity index (χ2v) is 10.5. The maximum Gasteiger partial charge on any atom is 0.164 e. The van der Waals surface area contributed by atoms with Gasteiger partial charge < -0.3 is 4.90 Å². The Morgan fingerprint density at radius 2 is 1.96 bits per heavy atom. The average molecular weight is 415 g/mol. The number of thioether (sulfide) groups is 1. The van der Waals surface area contributed by atoms with Gasteiger partial charge in [-0.05, 0) is 31.5 Å². The minimum Gasteiger partial charge on any atom is -0.315 e. The van der Waals surface area contributed by atoms with E-state index < -0.39 is 9.84 Å². The van der Waals surface area contributed by atoms with Crippen LogP contribution >= 0.6 is 11.8 Å². The molecule has 2 atom stereocenters. The van der Waals surface area contributed by atoms with Gasteiger partial charge in [0.25, 0.3) is 0 Å². The zero-order valence-electron chi connectivity index (χ0n) is 15.8. The number of carbonyl (C=O) groups excluding carboxylic acids is 1. The highest BCUT2D eigenvalue weighted by Gasteiger charge is 2.47. The summed E-state index contributed by atoms with van der Waals surface area (Å²) in [6.45, 7) is 3.60. The number of hydrogen-bond acceptors (Lipinski definition) is 6. The van der Waals surface area contributed by atoms with Crippen molar-refractivity contribution in [1.82, 2.24) is 0 Å². The lowest BCUT2D eigenvalue weighted by atomic mass is 10.1. The Morgan fingerprint density at radius 3 is 2.71 bits per heavy atom. The summed E-state index contributed by atoms with van der Waals surface area (Å²) in [5.74, 6) is 0.938. The van der Waals surface area contributed by atoms with Gasteiger partial charge in [-0.25, -0.2) is 8.42 Å². The lowest BCUT2D eigenvalue weighted by molar-refractivity contribution is 0.101. The minimum absolute atomic E-state index is 0.0115. The molecule has 1 saturated heterocycles.